The molecule has 1 aliphatic carbocycles. The molecule has 130 valence electrons. The standard InChI is InChI=1S/C20H23N3O2/c24-23(25)18-10-8-17(9-11-18)21-12-14-22(15-13-21)20-7-3-5-16-4-1-2-6-19(16)20/h1-2,4,6,8-11,20H,3,5,7,12-15H2/t20-/m1/s1. The average molecular weight is 337 g/mol. The number of nitrogens with zero attached hydrogens (tertiary/aromatic N) is 3. The number of aryl methyl sites for hydroxylation is 1. The SMILES string of the molecule is O=[N+]([O-])c1ccc(N2CCN([C@@H]3CCCc4ccccc43)CC2)cc1. The van der Waals surface area contributed by atoms with E-state index < -0.39 is 0 Å². The third kappa shape index (κ3) is 3.24. The monoisotopic (exact) mass is 337 g/mol. The Labute approximate surface area is 148 Å². The molecule has 0 radical (unpaired) electrons. The molecule has 0 spiro atoms. The van der Waals surface area contributed by atoms with Crippen molar-refractivity contribution >= 4 is 11.4 Å². The van der Waals surface area contributed by atoms with Gasteiger partial charge in [-0.25, -0.2) is 0 Å². The maximum atomic E-state index is 10.8. The maximum absolute atomic E-state index is 10.8. The first-order valence-electron chi connectivity index (χ1n) is 9.03. The van der Waals surface area contributed by atoms with E-state index in [1.807, 2.05) is 12.1 Å². The van der Waals surface area contributed by atoms with Gasteiger partial charge in [-0.05, 0) is 42.5 Å². The van der Waals surface area contributed by atoms with Gasteiger partial charge in [0.15, 0.2) is 0 Å². The predicted octanol–water partition coefficient (Wildman–Crippen LogP) is 3.79. The zero-order valence-electron chi connectivity index (χ0n) is 14.3. The summed E-state index contributed by atoms with van der Waals surface area (Å²) in [6, 6.07) is 16.3. The van der Waals surface area contributed by atoms with Gasteiger partial charge < -0.3 is 4.90 Å². The van der Waals surface area contributed by atoms with Crippen molar-refractivity contribution in [1.29, 1.82) is 0 Å². The summed E-state index contributed by atoms with van der Waals surface area (Å²) < 4.78 is 0. The summed E-state index contributed by atoms with van der Waals surface area (Å²) in [4.78, 5) is 15.4. The lowest BCUT2D eigenvalue weighted by atomic mass is 9.86. The minimum atomic E-state index is -0.345. The van der Waals surface area contributed by atoms with Crippen LogP contribution in [0.1, 0.15) is 30.0 Å². The van der Waals surface area contributed by atoms with Crippen molar-refractivity contribution in [2.24, 2.45) is 0 Å². The number of rotatable bonds is 3. The van der Waals surface area contributed by atoms with Crippen molar-refractivity contribution in [2.45, 2.75) is 25.3 Å². The Morgan fingerprint density at radius 2 is 1.68 bits per heavy atom. The first-order valence-corrected chi connectivity index (χ1v) is 9.03. The molecule has 5 nitrogen and oxygen atoms in total. The maximum Gasteiger partial charge on any atom is 0.269 e. The molecule has 4 rings (SSSR count). The van der Waals surface area contributed by atoms with Gasteiger partial charge in [-0.3, -0.25) is 15.0 Å². The third-order valence-electron chi connectivity index (χ3n) is 5.52. The van der Waals surface area contributed by atoms with Crippen LogP contribution in [0.4, 0.5) is 11.4 Å². The topological polar surface area (TPSA) is 49.6 Å². The summed E-state index contributed by atoms with van der Waals surface area (Å²) in [5.41, 5.74) is 4.25. The number of piperazine rings is 1. The summed E-state index contributed by atoms with van der Waals surface area (Å²) in [6.45, 7) is 4.01. The Kier molecular flexibility index (Phi) is 4.40. The van der Waals surface area contributed by atoms with Crippen LogP contribution >= 0.6 is 0 Å². The quantitative estimate of drug-likeness (QED) is 0.631. The van der Waals surface area contributed by atoms with E-state index in [1.165, 1.54) is 30.4 Å². The van der Waals surface area contributed by atoms with Gasteiger partial charge in [-0.1, -0.05) is 24.3 Å². The van der Waals surface area contributed by atoms with Crippen molar-refractivity contribution in [3.8, 4) is 0 Å². The Bertz CT molecular complexity index is 752. The molecule has 1 saturated heterocycles. The number of nitro groups is 1. The Hall–Kier alpha value is -2.40. The molecule has 1 heterocycles. The van der Waals surface area contributed by atoms with Crippen molar-refractivity contribution in [1.82, 2.24) is 4.90 Å². The van der Waals surface area contributed by atoms with Crippen molar-refractivity contribution < 1.29 is 4.92 Å². The molecular weight excluding hydrogens is 314 g/mol. The van der Waals surface area contributed by atoms with E-state index >= 15 is 0 Å². The molecule has 0 saturated carbocycles. The van der Waals surface area contributed by atoms with E-state index in [4.69, 9.17) is 0 Å². The molecule has 1 aliphatic heterocycles. The predicted molar refractivity (Wildman–Crippen MR) is 99.0 cm³/mol. The number of nitro benzene ring substituents is 1. The fourth-order valence-corrected chi connectivity index (χ4v) is 4.18. The van der Waals surface area contributed by atoms with Crippen LogP contribution in [0, 0.1) is 10.1 Å². The molecule has 2 aliphatic rings. The molecule has 0 unspecified atom stereocenters. The van der Waals surface area contributed by atoms with Crippen LogP contribution < -0.4 is 4.90 Å². The van der Waals surface area contributed by atoms with Crippen LogP contribution in [0.5, 0.6) is 0 Å². The summed E-state index contributed by atoms with van der Waals surface area (Å²) >= 11 is 0. The first-order chi connectivity index (χ1) is 12.2. The van der Waals surface area contributed by atoms with Gasteiger partial charge in [0.25, 0.3) is 5.69 Å². The molecular formula is C20H23N3O2. The molecule has 2 aromatic rings. The van der Waals surface area contributed by atoms with E-state index in [0.29, 0.717) is 6.04 Å². The average Bonchev–Trinajstić information content (AvgIpc) is 2.68. The van der Waals surface area contributed by atoms with Crippen LogP contribution in [0.15, 0.2) is 48.5 Å². The number of anilines is 1. The molecule has 0 bridgehead atoms. The lowest BCUT2D eigenvalue weighted by Crippen LogP contribution is -2.48. The molecule has 25 heavy (non-hydrogen) atoms. The molecule has 0 amide bonds. The molecule has 0 aromatic heterocycles. The van der Waals surface area contributed by atoms with E-state index in [0.717, 1.165) is 31.9 Å². The minimum Gasteiger partial charge on any atom is -0.369 e. The molecule has 1 fully saturated rings. The zero-order chi connectivity index (χ0) is 17.2. The van der Waals surface area contributed by atoms with Crippen molar-refractivity contribution in [2.75, 3.05) is 31.1 Å². The second-order valence-corrected chi connectivity index (χ2v) is 6.90. The van der Waals surface area contributed by atoms with Crippen LogP contribution in [0.25, 0.3) is 0 Å². The van der Waals surface area contributed by atoms with Gasteiger partial charge in [0.2, 0.25) is 0 Å². The van der Waals surface area contributed by atoms with Gasteiger partial charge in [0, 0.05) is 50.0 Å². The van der Waals surface area contributed by atoms with Gasteiger partial charge in [0.05, 0.1) is 4.92 Å². The highest BCUT2D eigenvalue weighted by Gasteiger charge is 2.28. The number of hydrogen-bond donors (Lipinski definition) is 0. The number of fused-ring (bicyclic) bond motifs is 1. The Morgan fingerprint density at radius 3 is 2.40 bits per heavy atom. The molecule has 2 aromatic carbocycles. The van der Waals surface area contributed by atoms with Crippen molar-refractivity contribution in [3.63, 3.8) is 0 Å². The Balaban J connectivity index is 1.43. The van der Waals surface area contributed by atoms with E-state index in [-0.39, 0.29) is 10.6 Å². The second-order valence-electron chi connectivity index (χ2n) is 6.90. The third-order valence-corrected chi connectivity index (χ3v) is 5.52. The fourth-order valence-electron chi connectivity index (χ4n) is 4.18. The number of benzene rings is 2. The summed E-state index contributed by atoms with van der Waals surface area (Å²) in [6.07, 6.45) is 3.72. The van der Waals surface area contributed by atoms with Gasteiger partial charge in [0.1, 0.15) is 0 Å². The van der Waals surface area contributed by atoms with Gasteiger partial charge >= 0.3 is 0 Å². The van der Waals surface area contributed by atoms with Crippen molar-refractivity contribution in [3.05, 3.63) is 69.8 Å². The first kappa shape index (κ1) is 16.1. The zero-order valence-corrected chi connectivity index (χ0v) is 14.3. The summed E-state index contributed by atoms with van der Waals surface area (Å²) in [7, 11) is 0. The van der Waals surface area contributed by atoms with Crippen LogP contribution in [0.2, 0.25) is 0 Å². The van der Waals surface area contributed by atoms with Crippen LogP contribution in [-0.2, 0) is 6.42 Å². The summed E-state index contributed by atoms with van der Waals surface area (Å²) in [5.74, 6) is 0. The molecule has 1 atom stereocenters. The number of non-ortho nitro benzene ring substituents is 1. The smallest absolute Gasteiger partial charge is 0.269 e. The highest BCUT2D eigenvalue weighted by molar-refractivity contribution is 5.51. The highest BCUT2D eigenvalue weighted by atomic mass is 16.6. The fraction of sp³-hybridized carbons (Fsp3) is 0.400. The molecule has 0 N–H and O–H groups in total. The van der Waals surface area contributed by atoms with E-state index in [2.05, 4.69) is 34.1 Å². The highest BCUT2D eigenvalue weighted by Crippen LogP contribution is 2.35. The summed E-state index contributed by atoms with van der Waals surface area (Å²) in [5, 5.41) is 10.8. The van der Waals surface area contributed by atoms with Crippen LogP contribution in [-0.4, -0.2) is 36.0 Å². The minimum absolute atomic E-state index is 0.154. The van der Waals surface area contributed by atoms with E-state index in [9.17, 15) is 10.1 Å². The van der Waals surface area contributed by atoms with E-state index in [1.54, 1.807) is 12.1 Å². The lowest BCUT2D eigenvalue weighted by molar-refractivity contribution is -0.384. The normalized spacial score (nSPS) is 21.0. The van der Waals surface area contributed by atoms with Gasteiger partial charge in [-0.2, -0.15) is 0 Å². The van der Waals surface area contributed by atoms with Gasteiger partial charge in [-0.15, -0.1) is 0 Å². The lowest BCUT2D eigenvalue weighted by Gasteiger charge is -2.42. The number of hydrogen-bond acceptors (Lipinski definition) is 4. The largest absolute Gasteiger partial charge is 0.369 e. The Morgan fingerprint density at radius 1 is 0.960 bits per heavy atom. The molecule has 5 heteroatoms. The second kappa shape index (κ2) is 6.84. The van der Waals surface area contributed by atoms with Crippen LogP contribution in [0.3, 0.4) is 0 Å².